The first-order valence-corrected chi connectivity index (χ1v) is 20.2. The smallest absolute Gasteiger partial charge is 0.245 e. The second-order valence-corrected chi connectivity index (χ2v) is 15.7. The Morgan fingerprint density at radius 1 is 0.333 bits per heavy atom. The zero-order chi connectivity index (χ0) is 43.7. The fourth-order valence-electron chi connectivity index (χ4n) is 8.73. The highest BCUT2D eigenvalue weighted by Crippen LogP contribution is 2.57. The molecule has 10 rings (SSSR count). The molecule has 0 amide bonds. The molecule has 0 aliphatic heterocycles. The third kappa shape index (κ3) is 6.64. The molecule has 4 aromatic heterocycles. The predicted octanol–water partition coefficient (Wildman–Crippen LogP) is 14.6. The van der Waals surface area contributed by atoms with E-state index in [9.17, 15) is 0 Å². The maximum Gasteiger partial charge on any atom is 0.411 e. The topological polar surface area (TPSA) is 51.6 Å². The van der Waals surface area contributed by atoms with Crippen LogP contribution >= 0.6 is 0 Å². The van der Waals surface area contributed by atoms with E-state index in [1.54, 1.807) is 12.1 Å². The monoisotopic (exact) mass is 840 g/mol. The molecule has 0 spiro atoms. The van der Waals surface area contributed by atoms with Gasteiger partial charge in [0.15, 0.2) is 0 Å². The van der Waals surface area contributed by atoms with Crippen molar-refractivity contribution in [2.45, 2.75) is 31.6 Å². The van der Waals surface area contributed by atoms with Gasteiger partial charge in [0.1, 0.15) is 0 Å². The van der Waals surface area contributed by atoms with Crippen molar-refractivity contribution in [2.75, 3.05) is 0 Å². The number of pyridine rings is 4. The number of aryl methyl sites for hydroxylation is 2. The molecular formula is C53H34F6N4. The molecule has 308 valence electrons. The Kier molecular flexibility index (Phi) is 9.36. The molecular weight excluding hydrogens is 807 g/mol. The average molecular weight is 841 g/mol. The third-order valence-corrected chi connectivity index (χ3v) is 11.9. The van der Waals surface area contributed by atoms with Gasteiger partial charge in [-0.2, -0.15) is 26.3 Å². The van der Waals surface area contributed by atoms with Gasteiger partial charge in [-0.05, 0) is 60.4 Å². The number of benzene rings is 6. The first-order valence-electron chi connectivity index (χ1n) is 20.2. The molecule has 6 aromatic carbocycles. The van der Waals surface area contributed by atoms with Gasteiger partial charge >= 0.3 is 12.4 Å². The summed E-state index contributed by atoms with van der Waals surface area (Å²) >= 11 is 0. The molecule has 0 fully saturated rings. The number of rotatable bonds is 6. The van der Waals surface area contributed by atoms with Gasteiger partial charge in [-0.25, -0.2) is 19.9 Å². The minimum Gasteiger partial charge on any atom is -0.245 e. The summed E-state index contributed by atoms with van der Waals surface area (Å²) in [5.41, 5.74) is 1.34. The van der Waals surface area contributed by atoms with Gasteiger partial charge in [0, 0.05) is 43.8 Å². The molecule has 0 unspecified atom stereocenters. The van der Waals surface area contributed by atoms with Gasteiger partial charge < -0.3 is 0 Å². The van der Waals surface area contributed by atoms with Crippen LogP contribution in [-0.2, 0) is 5.41 Å². The highest BCUT2D eigenvalue weighted by Gasteiger charge is 2.72. The van der Waals surface area contributed by atoms with E-state index >= 15 is 26.3 Å². The molecule has 0 bridgehead atoms. The van der Waals surface area contributed by atoms with Crippen LogP contribution in [0.1, 0.15) is 22.3 Å². The Hall–Kier alpha value is -7.46. The summed E-state index contributed by atoms with van der Waals surface area (Å²) in [5, 5.41) is 3.23. The molecule has 10 aromatic rings. The summed E-state index contributed by atoms with van der Waals surface area (Å²) in [4.78, 5) is 19.6. The van der Waals surface area contributed by atoms with Crippen molar-refractivity contribution in [3.05, 3.63) is 192 Å². The second kappa shape index (κ2) is 14.9. The molecule has 0 aliphatic rings. The summed E-state index contributed by atoms with van der Waals surface area (Å²) in [6, 6.07) is 48.1. The van der Waals surface area contributed by atoms with Gasteiger partial charge in [-0.15, -0.1) is 0 Å². The molecule has 0 saturated carbocycles. The Labute approximate surface area is 357 Å². The van der Waals surface area contributed by atoms with Gasteiger partial charge in [0.05, 0.1) is 44.8 Å². The molecule has 0 radical (unpaired) electrons. The van der Waals surface area contributed by atoms with Crippen LogP contribution in [0.15, 0.2) is 170 Å². The standard InChI is InChI=1S/C53H34F6N4/c1-31-29-39(21-23-41(31)45-27-19-37-15-13-35-17-25-43(33-9-5-3-6-10-33)60-47(35)49(37)62-45)51(52(54,55)56,53(57,58)59)40-22-24-42(32(2)30-40)46-28-20-38-16-14-36-18-26-44(34-11-7-4-8-12-34)61-48(36)50(38)63-46/h3-30H,1-2H3. The fraction of sp³-hybridized carbons (Fsp3) is 0.0943. The van der Waals surface area contributed by atoms with Crippen molar-refractivity contribution in [3.63, 3.8) is 0 Å². The van der Waals surface area contributed by atoms with Crippen molar-refractivity contribution >= 4 is 43.6 Å². The van der Waals surface area contributed by atoms with Crippen molar-refractivity contribution in [3.8, 4) is 45.0 Å². The minimum absolute atomic E-state index is 0.195. The first kappa shape index (κ1) is 39.7. The van der Waals surface area contributed by atoms with E-state index in [0.29, 0.717) is 44.6 Å². The van der Waals surface area contributed by atoms with Crippen LogP contribution < -0.4 is 0 Å². The van der Waals surface area contributed by atoms with Crippen molar-refractivity contribution in [1.82, 2.24) is 19.9 Å². The zero-order valence-electron chi connectivity index (χ0n) is 33.7. The molecule has 10 heteroatoms. The van der Waals surface area contributed by atoms with Crippen LogP contribution in [0.25, 0.3) is 88.6 Å². The second-order valence-electron chi connectivity index (χ2n) is 15.7. The molecule has 63 heavy (non-hydrogen) atoms. The molecule has 4 nitrogen and oxygen atoms in total. The number of hydrogen-bond acceptors (Lipinski definition) is 4. The Morgan fingerprint density at radius 2 is 0.635 bits per heavy atom. The van der Waals surface area contributed by atoms with Crippen molar-refractivity contribution in [1.29, 1.82) is 0 Å². The van der Waals surface area contributed by atoms with E-state index in [-0.39, 0.29) is 11.1 Å². The lowest BCUT2D eigenvalue weighted by molar-refractivity contribution is -0.288. The average Bonchev–Trinajstić information content (AvgIpc) is 3.28. The zero-order valence-corrected chi connectivity index (χ0v) is 33.7. The van der Waals surface area contributed by atoms with Crippen molar-refractivity contribution in [2.24, 2.45) is 0 Å². The Balaban J connectivity index is 1.06. The Bertz CT molecular complexity index is 3170. The van der Waals surface area contributed by atoms with Crippen LogP contribution in [0.4, 0.5) is 26.3 Å². The SMILES string of the molecule is Cc1cc(C(c2ccc(-c3ccc4ccc5ccc(-c6ccccc6)nc5c4n3)c(C)c2)(C(F)(F)F)C(F)(F)F)ccc1-c1ccc2ccc3ccc(-c4ccccc4)nc3c2n1. The van der Waals surface area contributed by atoms with E-state index < -0.39 is 28.9 Å². The van der Waals surface area contributed by atoms with Gasteiger partial charge in [0.25, 0.3) is 0 Å². The summed E-state index contributed by atoms with van der Waals surface area (Å²) in [6.07, 6.45) is -11.6. The molecule has 0 N–H and O–H groups in total. The van der Waals surface area contributed by atoms with Gasteiger partial charge in [0.2, 0.25) is 5.41 Å². The van der Waals surface area contributed by atoms with Crippen LogP contribution in [0.5, 0.6) is 0 Å². The van der Waals surface area contributed by atoms with E-state index in [0.717, 1.165) is 68.3 Å². The normalized spacial score (nSPS) is 12.4. The quantitative estimate of drug-likeness (QED) is 0.124. The minimum atomic E-state index is -5.78. The largest absolute Gasteiger partial charge is 0.411 e. The van der Waals surface area contributed by atoms with Gasteiger partial charge in [-0.3, -0.25) is 0 Å². The summed E-state index contributed by atoms with van der Waals surface area (Å²) in [7, 11) is 0. The van der Waals surface area contributed by atoms with Gasteiger partial charge in [-0.1, -0.05) is 146 Å². The third-order valence-electron chi connectivity index (χ3n) is 11.9. The molecule has 0 saturated heterocycles. The number of aromatic nitrogens is 4. The summed E-state index contributed by atoms with van der Waals surface area (Å²) < 4.78 is 93.3. The van der Waals surface area contributed by atoms with E-state index in [1.807, 2.05) is 121 Å². The van der Waals surface area contributed by atoms with Crippen LogP contribution in [0.2, 0.25) is 0 Å². The predicted molar refractivity (Wildman–Crippen MR) is 238 cm³/mol. The summed E-state index contributed by atoms with van der Waals surface area (Å²) in [5.74, 6) is 0. The Morgan fingerprint density at radius 3 is 0.952 bits per heavy atom. The van der Waals surface area contributed by atoms with E-state index in [1.165, 1.54) is 26.0 Å². The number of nitrogens with zero attached hydrogens (tertiary/aromatic N) is 4. The lowest BCUT2D eigenvalue weighted by Gasteiger charge is -2.39. The first-order chi connectivity index (χ1) is 30.3. The fourth-order valence-corrected chi connectivity index (χ4v) is 8.73. The molecule has 4 heterocycles. The number of fused-ring (bicyclic) bond motifs is 6. The van der Waals surface area contributed by atoms with E-state index in [2.05, 4.69) is 0 Å². The number of hydrogen-bond donors (Lipinski definition) is 0. The molecule has 0 aliphatic carbocycles. The van der Waals surface area contributed by atoms with E-state index in [4.69, 9.17) is 19.9 Å². The van der Waals surface area contributed by atoms with Crippen LogP contribution in [-0.4, -0.2) is 32.3 Å². The van der Waals surface area contributed by atoms with Crippen LogP contribution in [0.3, 0.4) is 0 Å². The highest BCUT2D eigenvalue weighted by atomic mass is 19.4. The number of alkyl halides is 6. The van der Waals surface area contributed by atoms with Crippen LogP contribution in [0, 0.1) is 13.8 Å². The van der Waals surface area contributed by atoms with Crippen molar-refractivity contribution < 1.29 is 26.3 Å². The number of halogens is 6. The summed E-state index contributed by atoms with van der Waals surface area (Å²) in [6.45, 7) is 3.00. The lowest BCUT2D eigenvalue weighted by atomic mass is 9.71. The lowest BCUT2D eigenvalue weighted by Crippen LogP contribution is -2.54. The highest BCUT2D eigenvalue weighted by molar-refractivity contribution is 6.05. The molecule has 0 atom stereocenters. The maximum atomic E-state index is 15.6. The maximum absolute atomic E-state index is 15.6.